The van der Waals surface area contributed by atoms with Crippen molar-refractivity contribution < 1.29 is 23.5 Å². The van der Waals surface area contributed by atoms with Crippen molar-refractivity contribution >= 4 is 19.9 Å². The summed E-state index contributed by atoms with van der Waals surface area (Å²) in [6.45, 7) is 14.0. The molecule has 0 aliphatic carbocycles. The molecular weight excluding hydrogens is 557 g/mol. The highest BCUT2D eigenvalue weighted by molar-refractivity contribution is 6.74. The molecule has 1 saturated heterocycles. The molecule has 5 heterocycles. The number of piperidine rings is 1. The van der Waals surface area contributed by atoms with Crippen LogP contribution in [0.25, 0.3) is 16.8 Å². The summed E-state index contributed by atoms with van der Waals surface area (Å²) in [5, 5.41) is 22.7. The van der Waals surface area contributed by atoms with Gasteiger partial charge in [0.05, 0.1) is 36.4 Å². The number of hydrogen-bond donors (Lipinski definition) is 1. The lowest BCUT2D eigenvalue weighted by Gasteiger charge is -2.37. The van der Waals surface area contributed by atoms with Gasteiger partial charge in [-0.15, -0.1) is 5.10 Å². The quantitative estimate of drug-likeness (QED) is 0.250. The number of pyridine rings is 2. The summed E-state index contributed by atoms with van der Waals surface area (Å²) in [6.07, 6.45) is 4.62. The van der Waals surface area contributed by atoms with Crippen LogP contribution in [0.15, 0.2) is 42.9 Å². The summed E-state index contributed by atoms with van der Waals surface area (Å²) in [7, 11) is -2.12. The Morgan fingerprint density at radius 1 is 1.21 bits per heavy atom. The maximum absolute atomic E-state index is 13.8. The van der Waals surface area contributed by atoms with Crippen LogP contribution in [0.2, 0.25) is 18.1 Å². The van der Waals surface area contributed by atoms with Crippen LogP contribution in [0.1, 0.15) is 57.1 Å². The highest BCUT2D eigenvalue weighted by Crippen LogP contribution is 2.38. The first-order valence-corrected chi connectivity index (χ1v) is 17.0. The van der Waals surface area contributed by atoms with E-state index < -0.39 is 26.3 Å². The Labute approximate surface area is 245 Å². The van der Waals surface area contributed by atoms with Crippen molar-refractivity contribution in [1.82, 2.24) is 34.5 Å². The molecular formula is C29H38FN7O4Si. The zero-order valence-electron chi connectivity index (χ0n) is 24.9. The molecule has 1 amide bonds. The highest BCUT2D eigenvalue weighted by Gasteiger charge is 2.38. The van der Waals surface area contributed by atoms with E-state index in [2.05, 4.69) is 54.3 Å². The molecule has 0 aromatic carbocycles. The third-order valence-electron chi connectivity index (χ3n) is 8.50. The van der Waals surface area contributed by atoms with Crippen LogP contribution in [0, 0.1) is 12.7 Å². The molecule has 4 aromatic heterocycles. The summed E-state index contributed by atoms with van der Waals surface area (Å²) in [6, 6.07) is 6.83. The van der Waals surface area contributed by atoms with Gasteiger partial charge in [-0.1, -0.05) is 26.0 Å². The molecule has 0 radical (unpaired) electrons. The first-order chi connectivity index (χ1) is 19.8. The minimum atomic E-state index is -2.12. The van der Waals surface area contributed by atoms with E-state index >= 15 is 0 Å². The molecule has 1 unspecified atom stereocenters. The van der Waals surface area contributed by atoms with Crippen LogP contribution in [-0.4, -0.2) is 73.7 Å². The van der Waals surface area contributed by atoms with Crippen LogP contribution < -0.4 is 4.74 Å². The lowest BCUT2D eigenvalue weighted by Crippen LogP contribution is -2.42. The van der Waals surface area contributed by atoms with E-state index in [1.807, 2.05) is 29.9 Å². The second-order valence-electron chi connectivity index (χ2n) is 12.3. The number of nitrogens with zero attached hydrogens (tertiary/aromatic N) is 7. The summed E-state index contributed by atoms with van der Waals surface area (Å²) >= 11 is 0. The standard InChI is InChI=1S/C29H38FN7O4Si/c1-19-27(33-34-37(19)22-10-13-35(14-11-22)28(38)39)20-15-25(24-9-12-32-36(24)17-20)41-26(23-8-7-21(30)16-31-23)18-40-42(5,6)29(2,3)4/h7-9,12,15-17,22,26H,10-11,13-14,18H2,1-6H3,(H,38,39). The zero-order chi connectivity index (χ0) is 30.2. The Morgan fingerprint density at radius 3 is 2.60 bits per heavy atom. The summed E-state index contributed by atoms with van der Waals surface area (Å²) in [5.74, 6) is 0.138. The van der Waals surface area contributed by atoms with Gasteiger partial charge in [0.15, 0.2) is 14.4 Å². The van der Waals surface area contributed by atoms with Gasteiger partial charge in [0.2, 0.25) is 0 Å². The van der Waals surface area contributed by atoms with E-state index in [-0.39, 0.29) is 17.7 Å². The number of carbonyl (C=O) groups is 1. The second kappa shape index (κ2) is 11.4. The lowest BCUT2D eigenvalue weighted by molar-refractivity contribution is 0.118. The summed E-state index contributed by atoms with van der Waals surface area (Å²) in [4.78, 5) is 17.1. The smallest absolute Gasteiger partial charge is 0.407 e. The predicted octanol–water partition coefficient (Wildman–Crippen LogP) is 5.89. The molecule has 1 atom stereocenters. The maximum Gasteiger partial charge on any atom is 0.407 e. The zero-order valence-corrected chi connectivity index (χ0v) is 25.9. The number of ether oxygens (including phenoxy) is 1. The fourth-order valence-electron chi connectivity index (χ4n) is 4.89. The van der Waals surface area contributed by atoms with Crippen molar-refractivity contribution in [2.24, 2.45) is 0 Å². The predicted molar refractivity (Wildman–Crippen MR) is 158 cm³/mol. The number of rotatable bonds is 8. The van der Waals surface area contributed by atoms with Crippen LogP contribution >= 0.6 is 0 Å². The number of carboxylic acid groups (broad SMARTS) is 1. The van der Waals surface area contributed by atoms with Gasteiger partial charge in [0.25, 0.3) is 0 Å². The van der Waals surface area contributed by atoms with Crippen molar-refractivity contribution in [3.8, 4) is 17.0 Å². The first-order valence-electron chi connectivity index (χ1n) is 14.1. The van der Waals surface area contributed by atoms with Gasteiger partial charge >= 0.3 is 6.09 Å². The van der Waals surface area contributed by atoms with E-state index in [1.54, 1.807) is 16.8 Å². The number of fused-ring (bicyclic) bond motifs is 1. The normalized spacial score (nSPS) is 15.7. The van der Waals surface area contributed by atoms with Crippen molar-refractivity contribution in [3.05, 3.63) is 60.1 Å². The average Bonchev–Trinajstić information content (AvgIpc) is 3.57. The van der Waals surface area contributed by atoms with E-state index in [0.717, 1.165) is 16.8 Å². The Hall–Kier alpha value is -3.84. The topological polar surface area (TPSA) is 120 Å². The molecule has 11 nitrogen and oxygen atoms in total. The van der Waals surface area contributed by atoms with Crippen LogP contribution in [0.4, 0.5) is 9.18 Å². The third-order valence-corrected chi connectivity index (χ3v) is 13.0. The molecule has 0 bridgehead atoms. The molecule has 1 aliphatic rings. The number of amides is 1. The lowest BCUT2D eigenvalue weighted by atomic mass is 10.0. The van der Waals surface area contributed by atoms with E-state index in [1.165, 1.54) is 17.2 Å². The van der Waals surface area contributed by atoms with Crippen LogP contribution in [0.3, 0.4) is 0 Å². The van der Waals surface area contributed by atoms with Gasteiger partial charge in [-0.3, -0.25) is 4.98 Å². The van der Waals surface area contributed by atoms with Gasteiger partial charge in [-0.2, -0.15) is 5.10 Å². The number of aromatic nitrogens is 6. The van der Waals surface area contributed by atoms with Crippen LogP contribution in [0.5, 0.6) is 5.75 Å². The third kappa shape index (κ3) is 6.02. The van der Waals surface area contributed by atoms with Crippen LogP contribution in [-0.2, 0) is 4.43 Å². The van der Waals surface area contributed by atoms with E-state index in [4.69, 9.17) is 9.16 Å². The number of hydrogen-bond acceptors (Lipinski definition) is 7. The molecule has 1 fully saturated rings. The number of halogens is 1. The molecule has 13 heteroatoms. The monoisotopic (exact) mass is 595 g/mol. The minimum absolute atomic E-state index is 0.00000512. The molecule has 4 aromatic rings. The van der Waals surface area contributed by atoms with Gasteiger partial charge in [-0.25, -0.2) is 18.4 Å². The summed E-state index contributed by atoms with van der Waals surface area (Å²) < 4.78 is 30.5. The Kier molecular flexibility index (Phi) is 8.08. The SMILES string of the molecule is Cc1c(-c2cc(OC(CO[Si](C)(C)C(C)(C)C)c3ccc(F)cn3)c3ccnn3c2)nnn1C1CCN(C(=O)O)CC1. The highest BCUT2D eigenvalue weighted by atomic mass is 28.4. The molecule has 5 rings (SSSR count). The Morgan fingerprint density at radius 2 is 1.95 bits per heavy atom. The maximum atomic E-state index is 13.8. The molecule has 0 spiro atoms. The fourth-order valence-corrected chi connectivity index (χ4v) is 5.89. The largest absolute Gasteiger partial charge is 0.479 e. The van der Waals surface area contributed by atoms with Gasteiger partial charge in [0, 0.05) is 24.8 Å². The molecule has 42 heavy (non-hydrogen) atoms. The Balaban J connectivity index is 1.46. The second-order valence-corrected chi connectivity index (χ2v) is 17.1. The van der Waals surface area contributed by atoms with Crippen molar-refractivity contribution in [2.45, 2.75) is 70.8 Å². The molecule has 1 N–H and O–H groups in total. The molecule has 224 valence electrons. The van der Waals surface area contributed by atoms with Gasteiger partial charge in [-0.05, 0) is 62.2 Å². The van der Waals surface area contributed by atoms with Crippen molar-refractivity contribution in [1.29, 1.82) is 0 Å². The first kappa shape index (κ1) is 29.6. The fraction of sp³-hybridized carbons (Fsp3) is 0.483. The molecule has 0 saturated carbocycles. The van der Waals surface area contributed by atoms with E-state index in [0.29, 0.717) is 43.1 Å². The van der Waals surface area contributed by atoms with Gasteiger partial charge < -0.3 is 19.2 Å². The average molecular weight is 596 g/mol. The summed E-state index contributed by atoms with van der Waals surface area (Å²) in [5.41, 5.74) is 3.65. The van der Waals surface area contributed by atoms with Crippen molar-refractivity contribution in [3.63, 3.8) is 0 Å². The van der Waals surface area contributed by atoms with Crippen molar-refractivity contribution in [2.75, 3.05) is 19.7 Å². The van der Waals surface area contributed by atoms with Gasteiger partial charge in [0.1, 0.15) is 22.8 Å². The molecule has 1 aliphatic heterocycles. The number of likely N-dealkylation sites (tertiary alicyclic amines) is 1. The minimum Gasteiger partial charge on any atom is -0.479 e. The Bertz CT molecular complexity index is 1560. The van der Waals surface area contributed by atoms with E-state index in [9.17, 15) is 14.3 Å².